The van der Waals surface area contributed by atoms with E-state index in [0.717, 1.165) is 12.0 Å². The van der Waals surface area contributed by atoms with E-state index < -0.39 is 10.0 Å². The van der Waals surface area contributed by atoms with E-state index in [1.54, 1.807) is 12.1 Å². The molecule has 2 fully saturated rings. The fourth-order valence-corrected chi connectivity index (χ4v) is 4.65. The van der Waals surface area contributed by atoms with E-state index in [1.165, 1.54) is 4.31 Å². The van der Waals surface area contributed by atoms with Crippen molar-refractivity contribution in [3.05, 3.63) is 29.8 Å². The number of nitrogens with zero attached hydrogens (tertiary/aromatic N) is 2. The lowest BCUT2D eigenvalue weighted by Gasteiger charge is -2.34. The summed E-state index contributed by atoms with van der Waals surface area (Å²) in [7, 11) is -3.47. The molecule has 5 nitrogen and oxygen atoms in total. The first-order chi connectivity index (χ1) is 11.3. The fraction of sp³-hybridized carbons (Fsp3) is 0.611. The highest BCUT2D eigenvalue weighted by Gasteiger charge is 2.42. The van der Waals surface area contributed by atoms with E-state index in [1.807, 2.05) is 17.0 Å². The fourth-order valence-electron chi connectivity index (χ4n) is 3.22. The minimum absolute atomic E-state index is 0.164. The Morgan fingerprint density at radius 2 is 1.62 bits per heavy atom. The standard InChI is InChI=1S/C18H26N2O3S/c1-13(2)15-4-6-16(7-5-15)24(22,23)20-10-8-19(9-11-20)18(21)17-12-14(17)3/h4-7,13-14,17H,8-12H2,1-3H3/t14-,17-/m1/s1. The number of hydrogen-bond donors (Lipinski definition) is 0. The van der Waals surface area contributed by atoms with Crippen LogP contribution in [0.2, 0.25) is 0 Å². The van der Waals surface area contributed by atoms with Crippen molar-refractivity contribution < 1.29 is 13.2 Å². The molecule has 1 aliphatic carbocycles. The van der Waals surface area contributed by atoms with Gasteiger partial charge in [-0.05, 0) is 36.0 Å². The highest BCUT2D eigenvalue weighted by molar-refractivity contribution is 7.89. The van der Waals surface area contributed by atoms with Gasteiger partial charge in [0.2, 0.25) is 15.9 Å². The van der Waals surface area contributed by atoms with Gasteiger partial charge in [0.05, 0.1) is 4.90 Å². The Morgan fingerprint density at radius 3 is 2.08 bits per heavy atom. The van der Waals surface area contributed by atoms with E-state index in [9.17, 15) is 13.2 Å². The second kappa shape index (κ2) is 6.48. The lowest BCUT2D eigenvalue weighted by molar-refractivity contribution is -0.134. The lowest BCUT2D eigenvalue weighted by Crippen LogP contribution is -2.51. The highest BCUT2D eigenvalue weighted by Crippen LogP contribution is 2.39. The van der Waals surface area contributed by atoms with Crippen LogP contribution in [0, 0.1) is 11.8 Å². The average molecular weight is 350 g/mol. The van der Waals surface area contributed by atoms with Gasteiger partial charge in [-0.15, -0.1) is 0 Å². The molecule has 1 amide bonds. The van der Waals surface area contributed by atoms with Gasteiger partial charge < -0.3 is 4.90 Å². The topological polar surface area (TPSA) is 57.7 Å². The highest BCUT2D eigenvalue weighted by atomic mass is 32.2. The molecular weight excluding hydrogens is 324 g/mol. The van der Waals surface area contributed by atoms with Crippen molar-refractivity contribution in [1.29, 1.82) is 0 Å². The molecule has 1 heterocycles. The van der Waals surface area contributed by atoms with Gasteiger partial charge in [-0.1, -0.05) is 32.9 Å². The van der Waals surface area contributed by atoms with E-state index in [0.29, 0.717) is 42.9 Å². The number of rotatable bonds is 4. The molecule has 1 aliphatic heterocycles. The van der Waals surface area contributed by atoms with Crippen LogP contribution in [0.3, 0.4) is 0 Å². The molecule has 6 heteroatoms. The minimum Gasteiger partial charge on any atom is -0.340 e. The minimum atomic E-state index is -3.47. The van der Waals surface area contributed by atoms with Crippen molar-refractivity contribution in [2.24, 2.45) is 11.8 Å². The normalized spacial score (nSPS) is 25.1. The van der Waals surface area contributed by atoms with Crippen molar-refractivity contribution in [3.63, 3.8) is 0 Å². The summed E-state index contributed by atoms with van der Waals surface area (Å²) in [5.41, 5.74) is 1.13. The summed E-state index contributed by atoms with van der Waals surface area (Å²) in [6, 6.07) is 7.14. The molecule has 0 bridgehead atoms. The molecule has 1 aromatic carbocycles. The van der Waals surface area contributed by atoms with Gasteiger partial charge in [0.1, 0.15) is 0 Å². The van der Waals surface area contributed by atoms with Gasteiger partial charge in [-0.25, -0.2) is 8.42 Å². The first-order valence-electron chi connectivity index (χ1n) is 8.69. The third-order valence-electron chi connectivity index (χ3n) is 5.16. The molecule has 0 aromatic heterocycles. The lowest BCUT2D eigenvalue weighted by atomic mass is 10.0. The van der Waals surface area contributed by atoms with Crippen LogP contribution in [-0.2, 0) is 14.8 Å². The van der Waals surface area contributed by atoms with Gasteiger partial charge >= 0.3 is 0 Å². The first-order valence-corrected chi connectivity index (χ1v) is 10.1. The van der Waals surface area contributed by atoms with Crippen LogP contribution in [-0.4, -0.2) is 49.7 Å². The van der Waals surface area contributed by atoms with Crippen LogP contribution < -0.4 is 0 Å². The summed E-state index contributed by atoms with van der Waals surface area (Å²) in [5, 5.41) is 0. The molecule has 0 spiro atoms. The Labute approximate surface area is 144 Å². The van der Waals surface area contributed by atoms with E-state index in [2.05, 4.69) is 20.8 Å². The van der Waals surface area contributed by atoms with Crippen molar-refractivity contribution in [2.75, 3.05) is 26.2 Å². The molecule has 1 aromatic rings. The molecule has 24 heavy (non-hydrogen) atoms. The number of hydrogen-bond acceptors (Lipinski definition) is 3. The van der Waals surface area contributed by atoms with Gasteiger partial charge in [-0.2, -0.15) is 4.31 Å². The van der Waals surface area contributed by atoms with Gasteiger partial charge in [0.15, 0.2) is 0 Å². The smallest absolute Gasteiger partial charge is 0.243 e. The zero-order valence-corrected chi connectivity index (χ0v) is 15.4. The monoisotopic (exact) mass is 350 g/mol. The summed E-state index contributed by atoms with van der Waals surface area (Å²) in [6.07, 6.45) is 0.972. The van der Waals surface area contributed by atoms with E-state index in [-0.39, 0.29) is 11.8 Å². The van der Waals surface area contributed by atoms with Crippen LogP contribution in [0.25, 0.3) is 0 Å². The number of sulfonamides is 1. The average Bonchev–Trinajstić information content (AvgIpc) is 3.31. The number of carbonyl (C=O) groups excluding carboxylic acids is 1. The quantitative estimate of drug-likeness (QED) is 0.837. The van der Waals surface area contributed by atoms with Crippen LogP contribution >= 0.6 is 0 Å². The number of piperazine rings is 1. The Kier molecular flexibility index (Phi) is 4.71. The molecule has 2 aliphatic rings. The second-order valence-electron chi connectivity index (χ2n) is 7.27. The zero-order valence-electron chi connectivity index (χ0n) is 14.6. The van der Waals surface area contributed by atoms with Gasteiger partial charge in [0.25, 0.3) is 0 Å². The van der Waals surface area contributed by atoms with Crippen molar-refractivity contribution in [3.8, 4) is 0 Å². The summed E-state index contributed by atoms with van der Waals surface area (Å²) in [4.78, 5) is 14.4. The molecule has 132 valence electrons. The second-order valence-corrected chi connectivity index (χ2v) is 9.21. The number of amides is 1. The van der Waals surface area contributed by atoms with Crippen LogP contribution in [0.1, 0.15) is 38.7 Å². The van der Waals surface area contributed by atoms with Gasteiger partial charge in [-0.3, -0.25) is 4.79 Å². The summed E-state index contributed by atoms with van der Waals surface area (Å²) < 4.78 is 27.0. The molecule has 2 atom stereocenters. The maximum atomic E-state index is 12.8. The van der Waals surface area contributed by atoms with Crippen molar-refractivity contribution in [1.82, 2.24) is 9.21 Å². The molecule has 1 saturated heterocycles. The molecule has 0 N–H and O–H groups in total. The summed E-state index contributed by atoms with van der Waals surface area (Å²) in [6.45, 7) is 7.99. The largest absolute Gasteiger partial charge is 0.340 e. The Morgan fingerprint density at radius 1 is 1.08 bits per heavy atom. The zero-order chi connectivity index (χ0) is 17.5. The van der Waals surface area contributed by atoms with Crippen molar-refractivity contribution in [2.45, 2.75) is 38.0 Å². The number of benzene rings is 1. The predicted octanol–water partition coefficient (Wildman–Crippen LogP) is 2.30. The van der Waals surface area contributed by atoms with E-state index >= 15 is 0 Å². The van der Waals surface area contributed by atoms with Crippen LogP contribution in [0.15, 0.2) is 29.2 Å². The van der Waals surface area contributed by atoms with Crippen LogP contribution in [0.5, 0.6) is 0 Å². The Hall–Kier alpha value is -1.40. The third kappa shape index (κ3) is 3.35. The maximum absolute atomic E-state index is 12.8. The van der Waals surface area contributed by atoms with Crippen molar-refractivity contribution >= 4 is 15.9 Å². The third-order valence-corrected chi connectivity index (χ3v) is 7.07. The molecule has 0 radical (unpaired) electrons. The number of carbonyl (C=O) groups is 1. The molecule has 0 unspecified atom stereocenters. The summed E-state index contributed by atoms with van der Waals surface area (Å²) in [5.74, 6) is 1.22. The SMILES string of the molecule is CC(C)c1ccc(S(=O)(=O)N2CCN(C(=O)[C@@H]3C[C@H]3C)CC2)cc1. The maximum Gasteiger partial charge on any atom is 0.243 e. The predicted molar refractivity (Wildman–Crippen MR) is 93.1 cm³/mol. The van der Waals surface area contributed by atoms with E-state index in [4.69, 9.17) is 0 Å². The van der Waals surface area contributed by atoms with Gasteiger partial charge in [0, 0.05) is 32.1 Å². The Bertz CT molecular complexity index is 704. The first kappa shape index (κ1) is 17.4. The molecular formula is C18H26N2O3S. The summed E-state index contributed by atoms with van der Waals surface area (Å²) >= 11 is 0. The molecule has 3 rings (SSSR count). The van der Waals surface area contributed by atoms with Crippen LogP contribution in [0.4, 0.5) is 0 Å². The Balaban J connectivity index is 1.65. The molecule has 1 saturated carbocycles.